The predicted octanol–water partition coefficient (Wildman–Crippen LogP) is 2.23. The Kier molecular flexibility index (Phi) is 3.51. The quantitative estimate of drug-likeness (QED) is 0.529. The lowest BCUT2D eigenvalue weighted by atomic mass is 9.81. The molecule has 144 valence electrons. The summed E-state index contributed by atoms with van der Waals surface area (Å²) in [5.74, 6) is -0.386. The Morgan fingerprint density at radius 1 is 1.14 bits per heavy atom. The Morgan fingerprint density at radius 2 is 1.90 bits per heavy atom. The van der Waals surface area contributed by atoms with Gasteiger partial charge >= 0.3 is 0 Å². The number of nitrogens with two attached hydrogens (primary N) is 1. The monoisotopic (exact) mass is 388 g/mol. The molecule has 1 atom stereocenters. The molecule has 0 saturated heterocycles. The number of methoxy groups -OCH3 is 1. The van der Waals surface area contributed by atoms with Gasteiger partial charge in [-0.05, 0) is 17.7 Å². The number of carbonyl (C=O) groups is 1. The van der Waals surface area contributed by atoms with Crippen molar-refractivity contribution in [1.82, 2.24) is 9.97 Å². The third-order valence-corrected chi connectivity index (χ3v) is 5.29. The van der Waals surface area contributed by atoms with E-state index in [0.717, 1.165) is 5.56 Å². The van der Waals surface area contributed by atoms with Gasteiger partial charge in [0, 0.05) is 22.6 Å². The molecule has 0 amide bonds. The van der Waals surface area contributed by atoms with Crippen LogP contribution in [0.5, 0.6) is 11.5 Å². The van der Waals surface area contributed by atoms with E-state index in [1.165, 1.54) is 13.2 Å². The van der Waals surface area contributed by atoms with Crippen molar-refractivity contribution in [2.24, 2.45) is 0 Å². The third-order valence-electron chi connectivity index (χ3n) is 5.29. The van der Waals surface area contributed by atoms with E-state index in [4.69, 9.17) is 10.5 Å². The van der Waals surface area contributed by atoms with Crippen molar-refractivity contribution in [2.75, 3.05) is 18.2 Å². The van der Waals surface area contributed by atoms with Crippen LogP contribution in [0, 0.1) is 0 Å². The van der Waals surface area contributed by atoms with Gasteiger partial charge in [0.05, 0.1) is 18.4 Å². The maximum atomic E-state index is 13.3. The van der Waals surface area contributed by atoms with E-state index in [-0.39, 0.29) is 28.8 Å². The summed E-state index contributed by atoms with van der Waals surface area (Å²) in [4.78, 5) is 32.9. The van der Waals surface area contributed by atoms with E-state index in [1.807, 2.05) is 12.1 Å². The van der Waals surface area contributed by atoms with Crippen LogP contribution in [0.25, 0.3) is 5.70 Å². The van der Waals surface area contributed by atoms with Gasteiger partial charge < -0.3 is 20.9 Å². The Hall–Kier alpha value is -4.07. The number of fused-ring (bicyclic) bond motifs is 3. The molecule has 1 aromatic heterocycles. The van der Waals surface area contributed by atoms with E-state index in [2.05, 4.69) is 15.3 Å². The summed E-state index contributed by atoms with van der Waals surface area (Å²) in [6, 6.07) is 12.0. The number of hydrogen-bond donors (Lipinski definition) is 4. The zero-order valence-electron chi connectivity index (χ0n) is 15.3. The minimum Gasteiger partial charge on any atom is -0.504 e. The SMILES string of the molecule is COc1cc(C2C3=C(Nc4nc(N)[nH]c(=O)c42)c2ccccc2C3=O)ccc1O. The van der Waals surface area contributed by atoms with E-state index in [0.29, 0.717) is 28.2 Å². The number of nitrogens with zero attached hydrogens (tertiary/aromatic N) is 1. The number of nitrogens with one attached hydrogen (secondary N) is 2. The summed E-state index contributed by atoms with van der Waals surface area (Å²) in [5, 5.41) is 13.1. The maximum absolute atomic E-state index is 13.3. The average Bonchev–Trinajstić information content (AvgIpc) is 2.99. The fraction of sp³-hybridized carbons (Fsp3) is 0.0952. The molecular weight excluding hydrogens is 372 g/mol. The Morgan fingerprint density at radius 3 is 2.66 bits per heavy atom. The van der Waals surface area contributed by atoms with Gasteiger partial charge in [-0.25, -0.2) is 0 Å². The number of Topliss-reactive ketones (excluding diaryl/α,β-unsaturated/α-hetero) is 1. The standard InChI is InChI=1S/C21H16N4O4/c1-29-13-8-9(6-7-12(13)26)14-15-17(10-4-2-3-5-11(10)18(15)27)23-19-16(14)20(28)25-21(22)24-19/h2-8,14,26H,1H3,(H4,22,23,24,25,28). The van der Waals surface area contributed by atoms with Crippen LogP contribution in [0.2, 0.25) is 0 Å². The number of ether oxygens (including phenoxy) is 1. The van der Waals surface area contributed by atoms with Crippen molar-refractivity contribution in [3.05, 3.63) is 80.6 Å². The first-order valence-corrected chi connectivity index (χ1v) is 8.91. The summed E-state index contributed by atoms with van der Waals surface area (Å²) < 4.78 is 5.23. The van der Waals surface area contributed by atoms with Gasteiger partial charge in [-0.15, -0.1) is 0 Å². The molecule has 2 aliphatic rings. The number of H-pyrrole nitrogens is 1. The van der Waals surface area contributed by atoms with Crippen molar-refractivity contribution in [3.63, 3.8) is 0 Å². The van der Waals surface area contributed by atoms with Gasteiger partial charge in [0.25, 0.3) is 5.56 Å². The van der Waals surface area contributed by atoms with Gasteiger partial charge in [0.1, 0.15) is 5.82 Å². The van der Waals surface area contributed by atoms with Gasteiger partial charge in [0.2, 0.25) is 5.95 Å². The van der Waals surface area contributed by atoms with Crippen molar-refractivity contribution >= 4 is 23.2 Å². The number of phenols is 1. The summed E-state index contributed by atoms with van der Waals surface area (Å²) in [6.45, 7) is 0. The maximum Gasteiger partial charge on any atom is 0.258 e. The van der Waals surface area contributed by atoms with Crippen LogP contribution < -0.4 is 21.3 Å². The van der Waals surface area contributed by atoms with Crippen LogP contribution in [0.1, 0.15) is 33.0 Å². The molecule has 2 aromatic carbocycles. The number of ketones is 1. The van der Waals surface area contributed by atoms with Crippen molar-refractivity contribution in [3.8, 4) is 11.5 Å². The lowest BCUT2D eigenvalue weighted by Crippen LogP contribution is -2.28. The van der Waals surface area contributed by atoms with Crippen LogP contribution in [0.15, 0.2) is 52.8 Å². The minimum absolute atomic E-state index is 0.0232. The van der Waals surface area contributed by atoms with Crippen LogP contribution in [0.4, 0.5) is 11.8 Å². The summed E-state index contributed by atoms with van der Waals surface area (Å²) in [6.07, 6.45) is 0. The molecule has 8 nitrogen and oxygen atoms in total. The van der Waals surface area contributed by atoms with Crippen molar-refractivity contribution in [1.29, 1.82) is 0 Å². The number of allylic oxidation sites excluding steroid dienone is 1. The molecule has 0 bridgehead atoms. The number of carbonyl (C=O) groups excluding carboxylic acids is 1. The summed E-state index contributed by atoms with van der Waals surface area (Å²) >= 11 is 0. The highest BCUT2D eigenvalue weighted by molar-refractivity contribution is 6.23. The number of nitrogen functional groups attached to an aromatic ring is 1. The Bertz CT molecular complexity index is 1290. The highest BCUT2D eigenvalue weighted by Gasteiger charge is 2.42. The van der Waals surface area contributed by atoms with E-state index >= 15 is 0 Å². The molecule has 3 aromatic rings. The number of aromatic amines is 1. The number of aromatic nitrogens is 2. The zero-order chi connectivity index (χ0) is 20.3. The van der Waals surface area contributed by atoms with Crippen LogP contribution in [-0.4, -0.2) is 28.0 Å². The van der Waals surface area contributed by atoms with Gasteiger partial charge in [-0.1, -0.05) is 30.3 Å². The molecule has 5 rings (SSSR count). The smallest absolute Gasteiger partial charge is 0.258 e. The number of anilines is 2. The fourth-order valence-electron chi connectivity index (χ4n) is 4.05. The first kappa shape index (κ1) is 17.1. The summed E-state index contributed by atoms with van der Waals surface area (Å²) in [5.41, 5.74) is 8.56. The first-order valence-electron chi connectivity index (χ1n) is 8.91. The molecule has 5 N–H and O–H groups in total. The number of phenolic OH excluding ortho intramolecular Hbond substituents is 1. The Balaban J connectivity index is 1.82. The highest BCUT2D eigenvalue weighted by atomic mass is 16.5. The van der Waals surface area contributed by atoms with E-state index < -0.39 is 11.5 Å². The zero-order valence-corrected chi connectivity index (χ0v) is 15.3. The molecule has 0 spiro atoms. The lowest BCUT2D eigenvalue weighted by molar-refractivity contribution is 0.103. The largest absolute Gasteiger partial charge is 0.504 e. The highest BCUT2D eigenvalue weighted by Crippen LogP contribution is 2.48. The molecule has 2 heterocycles. The van der Waals surface area contributed by atoms with Crippen LogP contribution >= 0.6 is 0 Å². The minimum atomic E-state index is -0.701. The number of aromatic hydroxyl groups is 1. The first-order chi connectivity index (χ1) is 14.0. The number of hydrogen-bond acceptors (Lipinski definition) is 7. The molecule has 0 fully saturated rings. The second kappa shape index (κ2) is 5.96. The molecular formula is C21H16N4O4. The summed E-state index contributed by atoms with van der Waals surface area (Å²) in [7, 11) is 1.44. The van der Waals surface area contributed by atoms with Gasteiger partial charge in [-0.3, -0.25) is 14.6 Å². The number of rotatable bonds is 2. The molecule has 1 aliphatic heterocycles. The molecule has 0 saturated carbocycles. The molecule has 1 unspecified atom stereocenters. The second-order valence-corrected chi connectivity index (χ2v) is 6.87. The molecule has 29 heavy (non-hydrogen) atoms. The molecule has 8 heteroatoms. The van der Waals surface area contributed by atoms with Crippen molar-refractivity contribution in [2.45, 2.75) is 5.92 Å². The van der Waals surface area contributed by atoms with Gasteiger partial charge in [-0.2, -0.15) is 4.98 Å². The van der Waals surface area contributed by atoms with Crippen LogP contribution in [0.3, 0.4) is 0 Å². The molecule has 0 radical (unpaired) electrons. The second-order valence-electron chi connectivity index (χ2n) is 6.87. The lowest BCUT2D eigenvalue weighted by Gasteiger charge is -2.27. The Labute approximate surface area is 164 Å². The average molecular weight is 388 g/mol. The van der Waals surface area contributed by atoms with Gasteiger partial charge in [0.15, 0.2) is 17.3 Å². The normalized spacial score (nSPS) is 16.7. The molecule has 1 aliphatic carbocycles. The van der Waals surface area contributed by atoms with E-state index in [1.54, 1.807) is 24.3 Å². The van der Waals surface area contributed by atoms with Crippen LogP contribution in [-0.2, 0) is 0 Å². The topological polar surface area (TPSA) is 130 Å². The fourth-order valence-corrected chi connectivity index (χ4v) is 4.05. The predicted molar refractivity (Wildman–Crippen MR) is 107 cm³/mol. The van der Waals surface area contributed by atoms with Crippen molar-refractivity contribution < 1.29 is 14.6 Å². The third kappa shape index (κ3) is 2.35. The number of benzene rings is 2. The van der Waals surface area contributed by atoms with E-state index in [9.17, 15) is 14.7 Å².